The van der Waals surface area contributed by atoms with Gasteiger partial charge in [0.25, 0.3) is 0 Å². The molecule has 0 spiro atoms. The molecule has 2 aromatic carbocycles. The van der Waals surface area contributed by atoms with Crippen molar-refractivity contribution in [1.82, 2.24) is 0 Å². The maximum Gasteiger partial charge on any atom is 0.221 e. The summed E-state index contributed by atoms with van der Waals surface area (Å²) in [5.41, 5.74) is 7.94. The second kappa shape index (κ2) is 5.37. The maximum absolute atomic E-state index is 12.1. The van der Waals surface area contributed by atoms with Crippen molar-refractivity contribution in [2.45, 2.75) is 6.92 Å². The number of benzene rings is 2. The Morgan fingerprint density at radius 2 is 1.91 bits per heavy atom. The first-order valence-electron chi connectivity index (χ1n) is 6.75. The number of rotatable bonds is 2. The van der Waals surface area contributed by atoms with E-state index in [1.165, 1.54) is 13.0 Å². The van der Waals surface area contributed by atoms with Gasteiger partial charge in [-0.3, -0.25) is 9.59 Å². The van der Waals surface area contributed by atoms with Crippen LogP contribution in [-0.2, 0) is 4.79 Å². The first-order valence-corrected chi connectivity index (χ1v) is 6.75. The zero-order valence-electron chi connectivity index (χ0n) is 11.9. The Morgan fingerprint density at radius 1 is 1.14 bits per heavy atom. The number of nitrogen functional groups attached to an aromatic ring is 1. The number of amides is 1. The minimum absolute atomic E-state index is 0.110. The Hall–Kier alpha value is -3.08. The van der Waals surface area contributed by atoms with Crippen molar-refractivity contribution in [3.8, 4) is 11.3 Å². The molecular weight excluding hydrogens is 280 g/mol. The van der Waals surface area contributed by atoms with Crippen molar-refractivity contribution in [1.29, 1.82) is 0 Å². The molecule has 0 aliphatic heterocycles. The zero-order valence-corrected chi connectivity index (χ0v) is 11.9. The van der Waals surface area contributed by atoms with Crippen molar-refractivity contribution in [2.75, 3.05) is 11.1 Å². The molecule has 5 nitrogen and oxygen atoms in total. The van der Waals surface area contributed by atoms with Gasteiger partial charge in [0.2, 0.25) is 5.91 Å². The van der Waals surface area contributed by atoms with Crippen LogP contribution in [-0.4, -0.2) is 5.91 Å². The number of para-hydroxylation sites is 1. The van der Waals surface area contributed by atoms with Crippen LogP contribution in [0.25, 0.3) is 22.3 Å². The lowest BCUT2D eigenvalue weighted by Gasteiger charge is -2.08. The normalized spacial score (nSPS) is 10.6. The molecule has 3 aromatic rings. The van der Waals surface area contributed by atoms with E-state index in [4.69, 9.17) is 10.2 Å². The molecule has 0 aliphatic rings. The number of fused-ring (bicyclic) bond motifs is 1. The predicted molar refractivity (Wildman–Crippen MR) is 86.6 cm³/mol. The van der Waals surface area contributed by atoms with Gasteiger partial charge in [-0.05, 0) is 30.3 Å². The molecule has 0 saturated heterocycles. The number of carbonyl (C=O) groups excluding carboxylic acids is 1. The minimum atomic E-state index is -0.198. The molecule has 0 bridgehead atoms. The molecule has 1 amide bonds. The summed E-state index contributed by atoms with van der Waals surface area (Å²) in [6.07, 6.45) is 0. The van der Waals surface area contributed by atoms with E-state index in [1.54, 1.807) is 36.4 Å². The quantitative estimate of drug-likeness (QED) is 0.711. The van der Waals surface area contributed by atoms with Gasteiger partial charge in [-0.25, -0.2) is 0 Å². The van der Waals surface area contributed by atoms with E-state index in [-0.39, 0.29) is 11.3 Å². The summed E-state index contributed by atoms with van der Waals surface area (Å²) >= 11 is 0. The third-order valence-electron chi connectivity index (χ3n) is 3.28. The summed E-state index contributed by atoms with van der Waals surface area (Å²) in [6, 6.07) is 13.6. The first-order chi connectivity index (χ1) is 10.5. The number of anilines is 2. The van der Waals surface area contributed by atoms with E-state index in [2.05, 4.69) is 5.32 Å². The molecule has 0 unspecified atom stereocenters. The van der Waals surface area contributed by atoms with Crippen molar-refractivity contribution < 1.29 is 9.21 Å². The van der Waals surface area contributed by atoms with E-state index >= 15 is 0 Å². The lowest BCUT2D eigenvalue weighted by Crippen LogP contribution is -2.08. The average Bonchev–Trinajstić information content (AvgIpc) is 2.49. The molecule has 110 valence electrons. The Balaban J connectivity index is 2.10. The summed E-state index contributed by atoms with van der Waals surface area (Å²) in [6.45, 7) is 1.41. The van der Waals surface area contributed by atoms with Crippen molar-refractivity contribution >= 4 is 28.3 Å². The Labute approximate surface area is 126 Å². The van der Waals surface area contributed by atoms with Gasteiger partial charge in [0.05, 0.1) is 16.8 Å². The van der Waals surface area contributed by atoms with Crippen LogP contribution in [0.15, 0.2) is 57.7 Å². The van der Waals surface area contributed by atoms with Crippen LogP contribution in [0, 0.1) is 0 Å². The standard InChI is InChI=1S/C17H14N2O3/c1-10(20)19-14-7-6-11(8-13(14)18)17-9-15(21)12-4-2-3-5-16(12)22-17/h2-9H,18H2,1H3,(H,19,20). The number of carbonyl (C=O) groups is 1. The topological polar surface area (TPSA) is 85.3 Å². The lowest BCUT2D eigenvalue weighted by atomic mass is 10.1. The second-order valence-electron chi connectivity index (χ2n) is 4.95. The predicted octanol–water partition coefficient (Wildman–Crippen LogP) is 3.00. The van der Waals surface area contributed by atoms with E-state index in [9.17, 15) is 9.59 Å². The SMILES string of the molecule is CC(=O)Nc1ccc(-c2cc(=O)c3ccccc3o2)cc1N. The molecule has 1 heterocycles. The summed E-state index contributed by atoms with van der Waals surface area (Å²) in [5.74, 6) is 0.237. The van der Waals surface area contributed by atoms with E-state index < -0.39 is 0 Å². The Morgan fingerprint density at radius 3 is 2.64 bits per heavy atom. The molecule has 22 heavy (non-hydrogen) atoms. The van der Waals surface area contributed by atoms with Crippen LogP contribution in [0.5, 0.6) is 0 Å². The smallest absolute Gasteiger partial charge is 0.221 e. The van der Waals surface area contributed by atoms with Crippen LogP contribution >= 0.6 is 0 Å². The van der Waals surface area contributed by atoms with Crippen molar-refractivity contribution in [3.63, 3.8) is 0 Å². The summed E-state index contributed by atoms with van der Waals surface area (Å²) in [5, 5.41) is 3.17. The van der Waals surface area contributed by atoms with Gasteiger partial charge >= 0.3 is 0 Å². The molecule has 5 heteroatoms. The molecule has 1 aromatic heterocycles. The molecule has 0 atom stereocenters. The summed E-state index contributed by atoms with van der Waals surface area (Å²) in [7, 11) is 0. The van der Waals surface area contributed by atoms with Gasteiger partial charge in [0.1, 0.15) is 11.3 Å². The van der Waals surface area contributed by atoms with Crippen LogP contribution in [0.2, 0.25) is 0 Å². The number of nitrogens with two attached hydrogens (primary N) is 1. The molecule has 0 aliphatic carbocycles. The van der Waals surface area contributed by atoms with Crippen LogP contribution < -0.4 is 16.5 Å². The fraction of sp³-hybridized carbons (Fsp3) is 0.0588. The first kappa shape index (κ1) is 13.9. The monoisotopic (exact) mass is 294 g/mol. The Kier molecular flexibility index (Phi) is 3.39. The van der Waals surface area contributed by atoms with Crippen LogP contribution in [0.4, 0.5) is 11.4 Å². The summed E-state index contributed by atoms with van der Waals surface area (Å²) in [4.78, 5) is 23.2. The highest BCUT2D eigenvalue weighted by Gasteiger charge is 2.09. The second-order valence-corrected chi connectivity index (χ2v) is 4.95. The molecule has 0 radical (unpaired) electrons. The molecule has 3 N–H and O–H groups in total. The van der Waals surface area contributed by atoms with Crippen molar-refractivity contribution in [2.24, 2.45) is 0 Å². The highest BCUT2D eigenvalue weighted by atomic mass is 16.3. The fourth-order valence-electron chi connectivity index (χ4n) is 2.27. The van der Waals surface area contributed by atoms with Gasteiger partial charge in [-0.2, -0.15) is 0 Å². The maximum atomic E-state index is 12.1. The number of nitrogens with one attached hydrogen (secondary N) is 1. The lowest BCUT2D eigenvalue weighted by molar-refractivity contribution is -0.114. The molecule has 0 fully saturated rings. The van der Waals surface area contributed by atoms with Gasteiger partial charge in [0.15, 0.2) is 5.43 Å². The molecule has 0 saturated carbocycles. The fourth-order valence-corrected chi connectivity index (χ4v) is 2.27. The highest BCUT2D eigenvalue weighted by Crippen LogP contribution is 2.28. The third-order valence-corrected chi connectivity index (χ3v) is 3.28. The largest absolute Gasteiger partial charge is 0.456 e. The van der Waals surface area contributed by atoms with Gasteiger partial charge < -0.3 is 15.5 Å². The van der Waals surface area contributed by atoms with E-state index in [0.717, 1.165) is 0 Å². The molecular formula is C17H14N2O3. The molecule has 3 rings (SSSR count). The van der Waals surface area contributed by atoms with Gasteiger partial charge in [-0.1, -0.05) is 12.1 Å². The summed E-state index contributed by atoms with van der Waals surface area (Å²) < 4.78 is 5.76. The van der Waals surface area contributed by atoms with E-state index in [1.807, 2.05) is 6.07 Å². The van der Waals surface area contributed by atoms with Crippen LogP contribution in [0.3, 0.4) is 0 Å². The average molecular weight is 294 g/mol. The van der Waals surface area contributed by atoms with Gasteiger partial charge in [0, 0.05) is 18.6 Å². The number of hydrogen-bond donors (Lipinski definition) is 2. The minimum Gasteiger partial charge on any atom is -0.456 e. The van der Waals surface area contributed by atoms with Crippen molar-refractivity contribution in [3.05, 3.63) is 58.8 Å². The third kappa shape index (κ3) is 2.56. The van der Waals surface area contributed by atoms with Gasteiger partial charge in [-0.15, -0.1) is 0 Å². The highest BCUT2D eigenvalue weighted by molar-refractivity contribution is 5.93. The number of hydrogen-bond acceptors (Lipinski definition) is 4. The zero-order chi connectivity index (χ0) is 15.7. The van der Waals surface area contributed by atoms with Crippen LogP contribution in [0.1, 0.15) is 6.92 Å². The Bertz CT molecular complexity index is 929. The van der Waals surface area contributed by atoms with E-state index in [0.29, 0.717) is 33.7 Å².